The van der Waals surface area contributed by atoms with Crippen LogP contribution in [0.2, 0.25) is 10.0 Å². The summed E-state index contributed by atoms with van der Waals surface area (Å²) in [5, 5.41) is 4.26. The maximum absolute atomic E-state index is 11.9. The first-order valence-corrected chi connectivity index (χ1v) is 12.2. The molecule has 2 aromatic carbocycles. The number of nitrogens with one attached hydrogen (secondary N) is 2. The molecular formula is C21H26Cl3N3O3S. The van der Waals surface area contributed by atoms with Gasteiger partial charge in [0.1, 0.15) is 0 Å². The molecular weight excluding hydrogens is 481 g/mol. The van der Waals surface area contributed by atoms with Crippen LogP contribution in [0.25, 0.3) is 0 Å². The number of sulfonamides is 1. The largest absolute Gasteiger partial charge is 0.369 e. The number of carbonyl (C=O) groups is 1. The highest BCUT2D eigenvalue weighted by Gasteiger charge is 2.31. The summed E-state index contributed by atoms with van der Waals surface area (Å²) in [5.41, 5.74) is 9.48. The summed E-state index contributed by atoms with van der Waals surface area (Å²) < 4.78 is 26.4. The van der Waals surface area contributed by atoms with Crippen molar-refractivity contribution < 1.29 is 13.2 Å². The minimum atomic E-state index is -3.54. The fraction of sp³-hybridized carbons (Fsp3) is 0.381. The van der Waals surface area contributed by atoms with E-state index in [9.17, 15) is 13.2 Å². The Balaban J connectivity index is 0.00000341. The second-order valence-electron chi connectivity index (χ2n) is 7.71. The van der Waals surface area contributed by atoms with Crippen LogP contribution in [0.3, 0.4) is 0 Å². The number of amides is 1. The van der Waals surface area contributed by atoms with Gasteiger partial charge in [0.05, 0.1) is 27.9 Å². The Kier molecular flexibility index (Phi) is 8.27. The Bertz CT molecular complexity index is 1090. The van der Waals surface area contributed by atoms with E-state index in [0.717, 1.165) is 35.8 Å². The molecule has 1 aliphatic carbocycles. The van der Waals surface area contributed by atoms with Gasteiger partial charge in [-0.3, -0.25) is 9.52 Å². The van der Waals surface area contributed by atoms with Gasteiger partial charge in [0, 0.05) is 12.0 Å². The smallest absolute Gasteiger partial charge is 0.229 e. The number of carbonyl (C=O) groups excluding carboxylic acids is 1. The van der Waals surface area contributed by atoms with E-state index in [2.05, 4.69) is 10.0 Å². The van der Waals surface area contributed by atoms with E-state index >= 15 is 0 Å². The summed E-state index contributed by atoms with van der Waals surface area (Å²) in [7, 11) is -1.67. The second-order valence-corrected chi connectivity index (χ2v) is 10.3. The molecule has 0 heterocycles. The highest BCUT2D eigenvalue weighted by Crippen LogP contribution is 2.45. The van der Waals surface area contributed by atoms with Crippen molar-refractivity contribution in [3.63, 3.8) is 0 Å². The van der Waals surface area contributed by atoms with Crippen LogP contribution in [-0.4, -0.2) is 27.6 Å². The van der Waals surface area contributed by atoms with Crippen molar-refractivity contribution in [2.45, 2.75) is 37.6 Å². The number of primary amides is 1. The number of benzene rings is 2. The van der Waals surface area contributed by atoms with Crippen molar-refractivity contribution in [1.82, 2.24) is 5.32 Å². The molecule has 4 N–H and O–H groups in total. The third kappa shape index (κ3) is 5.65. The van der Waals surface area contributed by atoms with Gasteiger partial charge >= 0.3 is 0 Å². The van der Waals surface area contributed by atoms with Crippen LogP contribution in [0.1, 0.15) is 59.9 Å². The number of nitrogens with two attached hydrogens (primary N) is 1. The van der Waals surface area contributed by atoms with Crippen molar-refractivity contribution in [3.8, 4) is 0 Å². The first-order valence-electron chi connectivity index (χ1n) is 9.59. The molecule has 3 rings (SSSR count). The lowest BCUT2D eigenvalue weighted by Crippen LogP contribution is -2.27. The first kappa shape index (κ1) is 25.7. The molecule has 10 heteroatoms. The lowest BCUT2D eigenvalue weighted by atomic mass is 9.75. The third-order valence-electron chi connectivity index (χ3n) is 5.63. The number of anilines is 1. The van der Waals surface area contributed by atoms with Gasteiger partial charge in [-0.05, 0) is 67.3 Å². The van der Waals surface area contributed by atoms with Crippen LogP contribution < -0.4 is 15.8 Å². The fourth-order valence-electron chi connectivity index (χ4n) is 4.07. The van der Waals surface area contributed by atoms with Crippen LogP contribution in [0, 0.1) is 0 Å². The van der Waals surface area contributed by atoms with Crippen LogP contribution in [-0.2, 0) is 14.8 Å². The quantitative estimate of drug-likeness (QED) is 0.534. The summed E-state index contributed by atoms with van der Waals surface area (Å²) in [6, 6.07) is 9.35. The van der Waals surface area contributed by atoms with E-state index in [1.54, 1.807) is 13.0 Å². The molecule has 1 aliphatic rings. The molecule has 1 unspecified atom stereocenters. The average Bonchev–Trinajstić information content (AvgIpc) is 2.67. The molecule has 0 saturated carbocycles. The van der Waals surface area contributed by atoms with E-state index in [0.29, 0.717) is 21.3 Å². The van der Waals surface area contributed by atoms with Gasteiger partial charge in [0.25, 0.3) is 0 Å². The molecule has 0 bridgehead atoms. The number of hydrogen-bond donors (Lipinski definition) is 3. The molecule has 0 fully saturated rings. The van der Waals surface area contributed by atoms with E-state index in [4.69, 9.17) is 28.9 Å². The average molecular weight is 507 g/mol. The summed E-state index contributed by atoms with van der Waals surface area (Å²) in [6.45, 7) is 1.67. The van der Waals surface area contributed by atoms with Crippen LogP contribution in [0.5, 0.6) is 0 Å². The topological polar surface area (TPSA) is 101 Å². The molecule has 0 radical (unpaired) electrons. The lowest BCUT2D eigenvalue weighted by Gasteiger charge is -2.34. The zero-order valence-electron chi connectivity index (χ0n) is 17.4. The van der Waals surface area contributed by atoms with E-state index in [-0.39, 0.29) is 24.4 Å². The molecule has 1 amide bonds. The van der Waals surface area contributed by atoms with Crippen LogP contribution >= 0.6 is 35.6 Å². The Labute approximate surface area is 199 Å². The standard InChI is InChI=1S/C21H25Cl2N3O3S.ClH/c1-11(21(24)27)14-9-15-13(12-4-6-17(22)18(23)8-12)5-7-19(25-2)16(15)10-20(14)26-30(3,28)29;/h4,6,8-11,13,19,25-26H,5,7H2,1-3H3,(H2,24,27);1H/t11?,13-,19-;/m0./s1. The minimum absolute atomic E-state index is 0. The van der Waals surface area contributed by atoms with Gasteiger partial charge in [-0.25, -0.2) is 8.42 Å². The Morgan fingerprint density at radius 1 is 1.13 bits per heavy atom. The predicted octanol–water partition coefficient (Wildman–Crippen LogP) is 4.56. The molecule has 0 saturated heterocycles. The van der Waals surface area contributed by atoms with Gasteiger partial charge in [0.2, 0.25) is 15.9 Å². The third-order valence-corrected chi connectivity index (χ3v) is 6.96. The van der Waals surface area contributed by atoms with Crippen molar-refractivity contribution in [1.29, 1.82) is 0 Å². The van der Waals surface area contributed by atoms with Gasteiger partial charge in [-0.2, -0.15) is 0 Å². The van der Waals surface area contributed by atoms with E-state index in [1.165, 1.54) is 0 Å². The van der Waals surface area contributed by atoms with E-state index in [1.807, 2.05) is 31.3 Å². The normalized spacial score (nSPS) is 19.1. The zero-order valence-corrected chi connectivity index (χ0v) is 20.6. The van der Waals surface area contributed by atoms with Crippen molar-refractivity contribution in [2.24, 2.45) is 5.73 Å². The first-order chi connectivity index (χ1) is 14.0. The molecule has 0 spiro atoms. The molecule has 0 aromatic heterocycles. The summed E-state index contributed by atoms with van der Waals surface area (Å²) in [6.07, 6.45) is 2.80. The number of fused-ring (bicyclic) bond motifs is 1. The Hall–Kier alpha value is -1.51. The molecule has 3 atom stereocenters. The molecule has 0 aliphatic heterocycles. The van der Waals surface area contributed by atoms with Crippen molar-refractivity contribution >= 4 is 57.2 Å². The van der Waals surface area contributed by atoms with Gasteiger partial charge in [-0.15, -0.1) is 12.4 Å². The van der Waals surface area contributed by atoms with Crippen molar-refractivity contribution in [2.75, 3.05) is 18.0 Å². The van der Waals surface area contributed by atoms with Gasteiger partial charge in [0.15, 0.2) is 0 Å². The summed E-state index contributed by atoms with van der Waals surface area (Å²) in [4.78, 5) is 11.9. The monoisotopic (exact) mass is 505 g/mol. The zero-order chi connectivity index (χ0) is 22.2. The maximum Gasteiger partial charge on any atom is 0.229 e. The summed E-state index contributed by atoms with van der Waals surface area (Å²) >= 11 is 12.3. The lowest BCUT2D eigenvalue weighted by molar-refractivity contribution is -0.119. The molecule has 6 nitrogen and oxygen atoms in total. The predicted molar refractivity (Wildman–Crippen MR) is 129 cm³/mol. The SMILES string of the molecule is CN[C@H]1CC[C@@H](c2ccc(Cl)c(Cl)c2)c2cc(C(C)C(N)=O)c(NS(C)(=O)=O)cc21.Cl. The number of halogens is 3. The second kappa shape index (κ2) is 9.96. The highest BCUT2D eigenvalue weighted by atomic mass is 35.5. The van der Waals surface area contributed by atoms with Gasteiger partial charge < -0.3 is 11.1 Å². The van der Waals surface area contributed by atoms with Gasteiger partial charge in [-0.1, -0.05) is 35.3 Å². The molecule has 2 aromatic rings. The highest BCUT2D eigenvalue weighted by molar-refractivity contribution is 7.92. The van der Waals surface area contributed by atoms with Crippen molar-refractivity contribution in [3.05, 3.63) is 62.6 Å². The van der Waals surface area contributed by atoms with E-state index < -0.39 is 21.8 Å². The van der Waals surface area contributed by atoms with Crippen LogP contribution in [0.15, 0.2) is 30.3 Å². The van der Waals surface area contributed by atoms with Crippen LogP contribution in [0.4, 0.5) is 5.69 Å². The summed E-state index contributed by atoms with van der Waals surface area (Å²) in [5.74, 6) is -1.16. The minimum Gasteiger partial charge on any atom is -0.369 e. The molecule has 31 heavy (non-hydrogen) atoms. The number of rotatable bonds is 6. The Morgan fingerprint density at radius 3 is 2.35 bits per heavy atom. The fourth-order valence-corrected chi connectivity index (χ4v) is 4.96. The maximum atomic E-state index is 11.9. The molecule has 170 valence electrons. The number of hydrogen-bond acceptors (Lipinski definition) is 4. The Morgan fingerprint density at radius 2 is 1.81 bits per heavy atom.